The van der Waals surface area contributed by atoms with Gasteiger partial charge in [0.15, 0.2) is 0 Å². The van der Waals surface area contributed by atoms with E-state index in [1.54, 1.807) is 0 Å². The summed E-state index contributed by atoms with van der Waals surface area (Å²) in [6.07, 6.45) is 0.945. The van der Waals surface area contributed by atoms with Crippen LogP contribution in [0.2, 0.25) is 0 Å². The van der Waals surface area contributed by atoms with Gasteiger partial charge in [-0.1, -0.05) is 18.2 Å². The number of benzene rings is 1. The van der Waals surface area contributed by atoms with Crippen molar-refractivity contribution in [3.8, 4) is 0 Å². The third-order valence-electron chi connectivity index (χ3n) is 2.91. The lowest BCUT2D eigenvalue weighted by atomic mass is 10.1. The van der Waals surface area contributed by atoms with Gasteiger partial charge in [0, 0.05) is 24.8 Å². The van der Waals surface area contributed by atoms with Gasteiger partial charge in [-0.25, -0.2) is 4.79 Å². The smallest absolute Gasteiger partial charge is 0.407 e. The number of anilines is 1. The molecule has 0 bridgehead atoms. The van der Waals surface area contributed by atoms with Crippen molar-refractivity contribution < 1.29 is 9.90 Å². The summed E-state index contributed by atoms with van der Waals surface area (Å²) in [4.78, 5) is 12.2. The van der Waals surface area contributed by atoms with E-state index in [1.165, 1.54) is 4.90 Å². The van der Waals surface area contributed by atoms with Gasteiger partial charge in [-0.05, 0) is 25.0 Å². The van der Waals surface area contributed by atoms with Crippen molar-refractivity contribution in [1.82, 2.24) is 4.90 Å². The van der Waals surface area contributed by atoms with E-state index in [9.17, 15) is 4.79 Å². The number of hydrogen-bond acceptors (Lipinski definition) is 2. The zero-order chi connectivity index (χ0) is 11.4. The average molecular weight is 220 g/mol. The summed E-state index contributed by atoms with van der Waals surface area (Å²) in [6, 6.07) is 10.4. The second-order valence-electron chi connectivity index (χ2n) is 4.05. The van der Waals surface area contributed by atoms with E-state index in [0.717, 1.165) is 18.5 Å². The molecule has 0 atom stereocenters. The lowest BCUT2D eigenvalue weighted by Gasteiger charge is -2.31. The summed E-state index contributed by atoms with van der Waals surface area (Å²) in [5.41, 5.74) is 1.11. The van der Waals surface area contributed by atoms with Gasteiger partial charge < -0.3 is 15.3 Å². The van der Waals surface area contributed by atoms with Gasteiger partial charge in [0.05, 0.1) is 0 Å². The van der Waals surface area contributed by atoms with E-state index < -0.39 is 6.09 Å². The second kappa shape index (κ2) is 4.88. The monoisotopic (exact) mass is 220 g/mol. The van der Waals surface area contributed by atoms with Crippen LogP contribution in [0.3, 0.4) is 0 Å². The zero-order valence-corrected chi connectivity index (χ0v) is 9.10. The van der Waals surface area contributed by atoms with Gasteiger partial charge in [0.2, 0.25) is 0 Å². The predicted molar refractivity (Wildman–Crippen MR) is 62.7 cm³/mol. The molecule has 2 N–H and O–H groups in total. The number of hydrogen-bond donors (Lipinski definition) is 2. The molecule has 0 saturated carbocycles. The maximum atomic E-state index is 10.7. The number of nitrogens with one attached hydrogen (secondary N) is 1. The second-order valence-corrected chi connectivity index (χ2v) is 4.05. The molecule has 1 aromatic rings. The average Bonchev–Trinajstić information content (AvgIpc) is 2.31. The van der Waals surface area contributed by atoms with Crippen LogP contribution in [-0.4, -0.2) is 35.2 Å². The standard InChI is InChI=1S/C12H16N2O2/c15-12(16)14-8-6-11(7-9-14)13-10-4-2-1-3-5-10/h1-5,11,13H,6-9H2,(H,15,16). The van der Waals surface area contributed by atoms with Crippen molar-refractivity contribution in [2.24, 2.45) is 0 Å². The topological polar surface area (TPSA) is 52.6 Å². The fourth-order valence-corrected chi connectivity index (χ4v) is 1.99. The molecule has 1 fully saturated rings. The normalized spacial score (nSPS) is 17.1. The largest absolute Gasteiger partial charge is 0.465 e. The number of nitrogens with zero attached hydrogens (tertiary/aromatic N) is 1. The van der Waals surface area contributed by atoms with Gasteiger partial charge in [-0.3, -0.25) is 0 Å². The van der Waals surface area contributed by atoms with E-state index in [-0.39, 0.29) is 0 Å². The van der Waals surface area contributed by atoms with Crippen LogP contribution in [0, 0.1) is 0 Å². The lowest BCUT2D eigenvalue weighted by molar-refractivity contribution is 0.134. The summed E-state index contributed by atoms with van der Waals surface area (Å²) in [6.45, 7) is 1.25. The Morgan fingerprint density at radius 1 is 1.25 bits per heavy atom. The van der Waals surface area contributed by atoms with Crippen LogP contribution >= 0.6 is 0 Å². The third-order valence-corrected chi connectivity index (χ3v) is 2.91. The van der Waals surface area contributed by atoms with Crippen molar-refractivity contribution in [2.45, 2.75) is 18.9 Å². The van der Waals surface area contributed by atoms with Gasteiger partial charge in [0.25, 0.3) is 0 Å². The Morgan fingerprint density at radius 2 is 1.88 bits per heavy atom. The number of piperidine rings is 1. The SMILES string of the molecule is O=C(O)N1CCC(Nc2ccccc2)CC1. The van der Waals surface area contributed by atoms with Gasteiger partial charge in [-0.15, -0.1) is 0 Å². The first-order valence-corrected chi connectivity index (χ1v) is 5.55. The van der Waals surface area contributed by atoms with E-state index in [2.05, 4.69) is 5.32 Å². The molecule has 1 heterocycles. The highest BCUT2D eigenvalue weighted by molar-refractivity contribution is 5.65. The Hall–Kier alpha value is -1.71. The number of likely N-dealkylation sites (tertiary alicyclic amines) is 1. The Labute approximate surface area is 94.9 Å². The molecule has 0 aliphatic carbocycles. The minimum absolute atomic E-state index is 0.387. The summed E-state index contributed by atoms with van der Waals surface area (Å²) in [5.74, 6) is 0. The molecule has 1 saturated heterocycles. The third kappa shape index (κ3) is 2.66. The maximum Gasteiger partial charge on any atom is 0.407 e. The fourth-order valence-electron chi connectivity index (χ4n) is 1.99. The molecule has 4 nitrogen and oxygen atoms in total. The Morgan fingerprint density at radius 3 is 2.44 bits per heavy atom. The van der Waals surface area contributed by atoms with Gasteiger partial charge in [-0.2, -0.15) is 0 Å². The highest BCUT2D eigenvalue weighted by Gasteiger charge is 2.21. The van der Waals surface area contributed by atoms with Crippen LogP contribution in [-0.2, 0) is 0 Å². The number of rotatable bonds is 2. The predicted octanol–water partition coefficient (Wildman–Crippen LogP) is 2.24. The maximum absolute atomic E-state index is 10.7. The molecule has 1 aliphatic heterocycles. The highest BCUT2D eigenvalue weighted by atomic mass is 16.4. The number of carboxylic acid groups (broad SMARTS) is 1. The van der Waals surface area contributed by atoms with E-state index >= 15 is 0 Å². The molecule has 0 radical (unpaired) electrons. The summed E-state index contributed by atoms with van der Waals surface area (Å²) in [5, 5.41) is 12.2. The van der Waals surface area contributed by atoms with Crippen LogP contribution in [0.15, 0.2) is 30.3 Å². The molecule has 0 aromatic heterocycles. The number of carbonyl (C=O) groups is 1. The van der Waals surface area contributed by atoms with Gasteiger partial charge >= 0.3 is 6.09 Å². The van der Waals surface area contributed by atoms with Crippen molar-refractivity contribution >= 4 is 11.8 Å². The van der Waals surface area contributed by atoms with Crippen molar-refractivity contribution in [1.29, 1.82) is 0 Å². The molecule has 16 heavy (non-hydrogen) atoms. The highest BCUT2D eigenvalue weighted by Crippen LogP contribution is 2.16. The molecular weight excluding hydrogens is 204 g/mol. The first-order valence-electron chi connectivity index (χ1n) is 5.55. The van der Waals surface area contributed by atoms with Crippen molar-refractivity contribution in [2.75, 3.05) is 18.4 Å². The molecular formula is C12H16N2O2. The van der Waals surface area contributed by atoms with E-state index in [4.69, 9.17) is 5.11 Å². The minimum Gasteiger partial charge on any atom is -0.465 e. The molecule has 0 unspecified atom stereocenters. The van der Waals surface area contributed by atoms with Crippen LogP contribution < -0.4 is 5.32 Å². The molecule has 4 heteroatoms. The van der Waals surface area contributed by atoms with E-state index in [0.29, 0.717) is 19.1 Å². The van der Waals surface area contributed by atoms with Gasteiger partial charge in [0.1, 0.15) is 0 Å². The first-order chi connectivity index (χ1) is 7.75. The molecule has 1 aromatic carbocycles. The number of amides is 1. The first kappa shape index (κ1) is 10.8. The van der Waals surface area contributed by atoms with Crippen molar-refractivity contribution in [3.05, 3.63) is 30.3 Å². The van der Waals surface area contributed by atoms with Crippen LogP contribution in [0.5, 0.6) is 0 Å². The lowest BCUT2D eigenvalue weighted by Crippen LogP contribution is -2.41. The fraction of sp³-hybridized carbons (Fsp3) is 0.417. The number of para-hydroxylation sites is 1. The zero-order valence-electron chi connectivity index (χ0n) is 9.10. The van der Waals surface area contributed by atoms with Crippen LogP contribution in [0.4, 0.5) is 10.5 Å². The summed E-state index contributed by atoms with van der Waals surface area (Å²) < 4.78 is 0. The molecule has 1 aliphatic rings. The summed E-state index contributed by atoms with van der Waals surface area (Å²) >= 11 is 0. The Kier molecular flexibility index (Phi) is 3.29. The minimum atomic E-state index is -0.807. The Bertz CT molecular complexity index is 345. The molecule has 86 valence electrons. The molecule has 0 spiro atoms. The van der Waals surface area contributed by atoms with Crippen LogP contribution in [0.1, 0.15) is 12.8 Å². The molecule has 2 rings (SSSR count). The van der Waals surface area contributed by atoms with Crippen molar-refractivity contribution in [3.63, 3.8) is 0 Å². The molecule has 1 amide bonds. The Balaban J connectivity index is 1.84. The van der Waals surface area contributed by atoms with Crippen LogP contribution in [0.25, 0.3) is 0 Å². The summed E-state index contributed by atoms with van der Waals surface area (Å²) in [7, 11) is 0. The van der Waals surface area contributed by atoms with E-state index in [1.807, 2.05) is 30.3 Å². The quantitative estimate of drug-likeness (QED) is 0.803.